The van der Waals surface area contributed by atoms with Crippen LogP contribution in [-0.2, 0) is 9.53 Å². The molecule has 0 atom stereocenters. The Balaban J connectivity index is 2.26. The predicted molar refractivity (Wildman–Crippen MR) is 69.4 cm³/mol. The molecule has 2 nitrogen and oxygen atoms in total. The Morgan fingerprint density at radius 3 is 2.81 bits per heavy atom. The lowest BCUT2D eigenvalue weighted by Crippen LogP contribution is -2.02. The maximum Gasteiger partial charge on any atom is 0.330 e. The van der Waals surface area contributed by atoms with Crippen molar-refractivity contribution >= 4 is 23.8 Å². The van der Waals surface area contributed by atoms with Crippen molar-refractivity contribution in [1.29, 1.82) is 0 Å². The van der Waals surface area contributed by atoms with Crippen LogP contribution >= 0.6 is 11.8 Å². The first-order valence-corrected chi connectivity index (χ1v) is 6.61. The summed E-state index contributed by atoms with van der Waals surface area (Å²) < 4.78 is 5.03. The molecule has 0 saturated carbocycles. The van der Waals surface area contributed by atoms with Crippen LogP contribution in [0.1, 0.15) is 12.0 Å². The molecular formula is C13H16O2S. The number of carbonyl (C=O) groups is 1. The SMILES string of the molecule is CSCCCOC(=O)/C=C/c1ccccc1. The fraction of sp³-hybridized carbons (Fsp3) is 0.308. The van der Waals surface area contributed by atoms with E-state index >= 15 is 0 Å². The first-order valence-electron chi connectivity index (χ1n) is 5.22. The molecule has 0 heterocycles. The van der Waals surface area contributed by atoms with Gasteiger partial charge in [-0.1, -0.05) is 30.3 Å². The van der Waals surface area contributed by atoms with E-state index in [2.05, 4.69) is 0 Å². The number of ether oxygens (including phenoxy) is 1. The van der Waals surface area contributed by atoms with Crippen molar-refractivity contribution in [2.24, 2.45) is 0 Å². The lowest BCUT2D eigenvalue weighted by molar-refractivity contribution is -0.137. The maximum absolute atomic E-state index is 11.3. The Morgan fingerprint density at radius 2 is 2.12 bits per heavy atom. The average molecular weight is 236 g/mol. The van der Waals surface area contributed by atoms with Gasteiger partial charge in [-0.25, -0.2) is 4.79 Å². The zero-order chi connectivity index (χ0) is 11.6. The van der Waals surface area contributed by atoms with E-state index in [1.165, 1.54) is 6.08 Å². The minimum Gasteiger partial charge on any atom is -0.462 e. The van der Waals surface area contributed by atoms with Crippen LogP contribution in [0.3, 0.4) is 0 Å². The summed E-state index contributed by atoms with van der Waals surface area (Å²) in [5.74, 6) is 0.750. The van der Waals surface area contributed by atoms with Gasteiger partial charge in [-0.15, -0.1) is 0 Å². The minimum atomic E-state index is -0.273. The third kappa shape index (κ3) is 5.61. The Morgan fingerprint density at radius 1 is 1.38 bits per heavy atom. The van der Waals surface area contributed by atoms with Gasteiger partial charge in [0, 0.05) is 6.08 Å². The molecule has 0 fully saturated rings. The molecule has 0 radical (unpaired) electrons. The van der Waals surface area contributed by atoms with Crippen LogP contribution in [0, 0.1) is 0 Å². The third-order valence-electron chi connectivity index (χ3n) is 1.95. The van der Waals surface area contributed by atoms with E-state index in [0.717, 1.165) is 17.7 Å². The van der Waals surface area contributed by atoms with Gasteiger partial charge in [0.2, 0.25) is 0 Å². The molecule has 0 bridgehead atoms. The van der Waals surface area contributed by atoms with Crippen LogP contribution in [0.2, 0.25) is 0 Å². The van der Waals surface area contributed by atoms with E-state index in [0.29, 0.717) is 6.61 Å². The molecule has 0 spiro atoms. The summed E-state index contributed by atoms with van der Waals surface area (Å²) in [6.45, 7) is 0.499. The van der Waals surface area contributed by atoms with Crippen molar-refractivity contribution in [3.8, 4) is 0 Å². The normalized spacial score (nSPS) is 10.6. The summed E-state index contributed by atoms with van der Waals surface area (Å²) in [6, 6.07) is 9.69. The second kappa shape index (κ2) is 7.99. The first-order chi connectivity index (χ1) is 7.83. The van der Waals surface area contributed by atoms with Gasteiger partial charge in [-0.2, -0.15) is 11.8 Å². The molecule has 3 heteroatoms. The molecule has 0 aliphatic carbocycles. The predicted octanol–water partition coefficient (Wildman–Crippen LogP) is 3.00. The zero-order valence-electron chi connectivity index (χ0n) is 9.39. The van der Waals surface area contributed by atoms with E-state index in [9.17, 15) is 4.79 Å². The van der Waals surface area contributed by atoms with Gasteiger partial charge in [0.05, 0.1) is 6.61 Å². The molecule has 1 aromatic carbocycles. The Hall–Kier alpha value is -1.22. The van der Waals surface area contributed by atoms with Gasteiger partial charge in [0.1, 0.15) is 0 Å². The molecule has 0 aliphatic rings. The van der Waals surface area contributed by atoms with E-state index in [-0.39, 0.29) is 5.97 Å². The van der Waals surface area contributed by atoms with Crippen molar-refractivity contribution in [3.63, 3.8) is 0 Å². The largest absolute Gasteiger partial charge is 0.462 e. The highest BCUT2D eigenvalue weighted by Crippen LogP contribution is 2.01. The van der Waals surface area contributed by atoms with Gasteiger partial charge in [-0.05, 0) is 30.1 Å². The lowest BCUT2D eigenvalue weighted by Gasteiger charge is -1.99. The molecule has 1 aromatic rings. The van der Waals surface area contributed by atoms with E-state index in [1.807, 2.05) is 36.6 Å². The van der Waals surface area contributed by atoms with Gasteiger partial charge in [0.25, 0.3) is 0 Å². The zero-order valence-corrected chi connectivity index (χ0v) is 10.2. The van der Waals surface area contributed by atoms with Crippen molar-refractivity contribution in [2.45, 2.75) is 6.42 Å². The number of carbonyl (C=O) groups excluding carboxylic acids is 1. The summed E-state index contributed by atoms with van der Waals surface area (Å²) in [7, 11) is 0. The highest BCUT2D eigenvalue weighted by Gasteiger charge is 1.95. The van der Waals surface area contributed by atoms with Gasteiger partial charge in [0.15, 0.2) is 0 Å². The lowest BCUT2D eigenvalue weighted by atomic mass is 10.2. The first kappa shape index (κ1) is 12.8. The van der Waals surface area contributed by atoms with Crippen LogP contribution in [0.4, 0.5) is 0 Å². The fourth-order valence-electron chi connectivity index (χ4n) is 1.15. The van der Waals surface area contributed by atoms with Crippen LogP contribution in [0.25, 0.3) is 6.08 Å². The number of esters is 1. The molecule has 0 N–H and O–H groups in total. The number of benzene rings is 1. The quantitative estimate of drug-likeness (QED) is 0.431. The van der Waals surface area contributed by atoms with Crippen LogP contribution in [0.15, 0.2) is 36.4 Å². The number of rotatable bonds is 6. The highest BCUT2D eigenvalue weighted by atomic mass is 32.2. The number of hydrogen-bond donors (Lipinski definition) is 0. The summed E-state index contributed by atoms with van der Waals surface area (Å²) in [4.78, 5) is 11.3. The van der Waals surface area contributed by atoms with E-state index in [4.69, 9.17) is 4.74 Å². The Bertz CT molecular complexity index is 333. The second-order valence-corrected chi connectivity index (χ2v) is 4.24. The molecule has 1 rings (SSSR count). The molecule has 86 valence electrons. The molecule has 0 saturated heterocycles. The second-order valence-electron chi connectivity index (χ2n) is 3.26. The van der Waals surface area contributed by atoms with Gasteiger partial charge >= 0.3 is 5.97 Å². The standard InChI is InChI=1S/C13H16O2S/c1-16-11-5-10-15-13(14)9-8-12-6-3-2-4-7-12/h2-4,6-9H,5,10-11H2,1H3/b9-8+. The van der Waals surface area contributed by atoms with E-state index < -0.39 is 0 Å². The molecule has 16 heavy (non-hydrogen) atoms. The van der Waals surface area contributed by atoms with Gasteiger partial charge in [-0.3, -0.25) is 0 Å². The van der Waals surface area contributed by atoms with E-state index in [1.54, 1.807) is 17.8 Å². The minimum absolute atomic E-state index is 0.273. The molecule has 0 aliphatic heterocycles. The van der Waals surface area contributed by atoms with Gasteiger partial charge < -0.3 is 4.74 Å². The van der Waals surface area contributed by atoms with Crippen molar-refractivity contribution in [1.82, 2.24) is 0 Å². The third-order valence-corrected chi connectivity index (χ3v) is 2.65. The highest BCUT2D eigenvalue weighted by molar-refractivity contribution is 7.98. The Labute approximate surface area is 101 Å². The van der Waals surface area contributed by atoms with Crippen LogP contribution in [-0.4, -0.2) is 24.6 Å². The maximum atomic E-state index is 11.3. The van der Waals surface area contributed by atoms with Crippen molar-refractivity contribution in [3.05, 3.63) is 42.0 Å². The molecule has 0 amide bonds. The average Bonchev–Trinajstić information content (AvgIpc) is 2.33. The van der Waals surface area contributed by atoms with Crippen molar-refractivity contribution < 1.29 is 9.53 Å². The molecular weight excluding hydrogens is 220 g/mol. The number of thioether (sulfide) groups is 1. The van der Waals surface area contributed by atoms with Crippen LogP contribution < -0.4 is 0 Å². The fourth-order valence-corrected chi connectivity index (χ4v) is 1.56. The van der Waals surface area contributed by atoms with Crippen LogP contribution in [0.5, 0.6) is 0 Å². The Kier molecular flexibility index (Phi) is 6.42. The monoisotopic (exact) mass is 236 g/mol. The summed E-state index contributed by atoms with van der Waals surface area (Å²) >= 11 is 1.75. The number of hydrogen-bond acceptors (Lipinski definition) is 3. The summed E-state index contributed by atoms with van der Waals surface area (Å²) in [5.41, 5.74) is 1.00. The summed E-state index contributed by atoms with van der Waals surface area (Å²) in [5, 5.41) is 0. The molecule has 0 unspecified atom stereocenters. The summed E-state index contributed by atoms with van der Waals surface area (Å²) in [6.07, 6.45) is 6.18. The topological polar surface area (TPSA) is 26.3 Å². The van der Waals surface area contributed by atoms with Crippen molar-refractivity contribution in [2.75, 3.05) is 18.6 Å². The molecule has 0 aromatic heterocycles. The smallest absolute Gasteiger partial charge is 0.330 e.